The molecule has 0 saturated carbocycles. The number of fused-ring (bicyclic) bond motifs is 6. The monoisotopic (exact) mass is 665 g/mol. The first-order valence-corrected chi connectivity index (χ1v) is 18.7. The third-order valence-corrected chi connectivity index (χ3v) is 11.8. The molecule has 8 rings (SSSR count). The Balaban J connectivity index is 1.06. The van der Waals surface area contributed by atoms with Gasteiger partial charge in [0.05, 0.1) is 5.41 Å². The molecule has 2 aliphatic heterocycles. The summed E-state index contributed by atoms with van der Waals surface area (Å²) in [5.74, 6) is 0. The van der Waals surface area contributed by atoms with Crippen LogP contribution in [-0.2, 0) is 17.3 Å². The van der Waals surface area contributed by atoms with Crippen molar-refractivity contribution in [1.82, 2.24) is 0 Å². The fourth-order valence-electron chi connectivity index (χ4n) is 9.48. The van der Waals surface area contributed by atoms with Crippen molar-refractivity contribution in [3.63, 3.8) is 0 Å². The van der Waals surface area contributed by atoms with E-state index in [4.69, 9.17) is 0 Å². The Morgan fingerprint density at radius 1 is 0.706 bits per heavy atom. The van der Waals surface area contributed by atoms with Crippen LogP contribution in [0.5, 0.6) is 0 Å². The van der Waals surface area contributed by atoms with E-state index in [-0.39, 0.29) is 10.8 Å². The fourth-order valence-corrected chi connectivity index (χ4v) is 9.48. The minimum absolute atomic E-state index is 0.0179. The first kappa shape index (κ1) is 33.0. The predicted octanol–water partition coefficient (Wildman–Crippen LogP) is 12.1. The standard InChI is InChI=1S/C49H49N2/c1-6-32-48(2)44(50(4)42-30-28-38-20-10-12-22-40(38)46(42)48)24-14-18-35-26-27-36(33-35)19-15-25-45-49(3,34-37-16-8-7-9-17-37)47-41-23-13-11-21-39(41)29-31-43(47)51(45)5/h7-25,28-31,33H,6,26-27,32,34H2,1-5H3/q+1. The number of hydrogen-bond acceptors (Lipinski definition) is 1. The zero-order chi connectivity index (χ0) is 35.2. The van der Waals surface area contributed by atoms with Gasteiger partial charge >= 0.3 is 0 Å². The summed E-state index contributed by atoms with van der Waals surface area (Å²) in [5, 5.41) is 5.36. The van der Waals surface area contributed by atoms with Crippen molar-refractivity contribution in [3.05, 3.63) is 179 Å². The van der Waals surface area contributed by atoms with Crippen molar-refractivity contribution in [3.8, 4) is 0 Å². The molecule has 2 nitrogen and oxygen atoms in total. The summed E-state index contributed by atoms with van der Waals surface area (Å²) >= 11 is 0. The smallest absolute Gasteiger partial charge is 0.210 e. The molecule has 5 aromatic rings. The van der Waals surface area contributed by atoms with Crippen LogP contribution >= 0.6 is 0 Å². The number of anilines is 1. The topological polar surface area (TPSA) is 6.25 Å². The van der Waals surface area contributed by atoms with Gasteiger partial charge in [-0.2, -0.15) is 4.58 Å². The van der Waals surface area contributed by atoms with Crippen LogP contribution in [0.4, 0.5) is 11.4 Å². The lowest BCUT2D eigenvalue weighted by Gasteiger charge is -2.29. The van der Waals surface area contributed by atoms with Crippen LogP contribution in [0.2, 0.25) is 0 Å². The lowest BCUT2D eigenvalue weighted by atomic mass is 9.73. The molecule has 51 heavy (non-hydrogen) atoms. The summed E-state index contributed by atoms with van der Waals surface area (Å²) in [6.45, 7) is 7.18. The molecule has 0 amide bonds. The molecule has 0 fully saturated rings. The highest BCUT2D eigenvalue weighted by molar-refractivity contribution is 6.08. The summed E-state index contributed by atoms with van der Waals surface area (Å²) in [6.07, 6.45) is 21.7. The van der Waals surface area contributed by atoms with Gasteiger partial charge in [0.15, 0.2) is 5.71 Å². The summed E-state index contributed by atoms with van der Waals surface area (Å²) in [6, 6.07) is 37.8. The molecule has 2 atom stereocenters. The summed E-state index contributed by atoms with van der Waals surface area (Å²) in [4.78, 5) is 2.42. The van der Waals surface area contributed by atoms with Gasteiger partial charge in [-0.25, -0.2) is 0 Å². The SMILES string of the molecule is CCCC1(C)/C(=C\C=C\C2=CC(=C/C=C/C3=[N+](C)c4ccc5ccccc5c4C3(C)Cc3ccccc3)/CC2)N(C)c2ccc3ccccc3c21. The molecular weight excluding hydrogens is 617 g/mol. The van der Waals surface area contributed by atoms with E-state index in [1.165, 1.54) is 72.2 Å². The number of benzene rings is 5. The lowest BCUT2D eigenvalue weighted by Crippen LogP contribution is -2.33. The molecule has 0 saturated heterocycles. The molecule has 5 aromatic carbocycles. The second kappa shape index (κ2) is 13.2. The van der Waals surface area contributed by atoms with Crippen molar-refractivity contribution in [2.45, 2.75) is 63.7 Å². The van der Waals surface area contributed by atoms with Crippen molar-refractivity contribution in [2.75, 3.05) is 19.0 Å². The fraction of sp³-hybridized carbons (Fsp3) is 0.245. The van der Waals surface area contributed by atoms with Gasteiger partial charge in [0, 0.05) is 41.6 Å². The van der Waals surface area contributed by atoms with E-state index >= 15 is 0 Å². The number of rotatable bonds is 8. The van der Waals surface area contributed by atoms with Crippen LogP contribution in [0.1, 0.15) is 63.1 Å². The van der Waals surface area contributed by atoms with Crippen LogP contribution < -0.4 is 4.90 Å². The molecule has 0 bridgehead atoms. The molecule has 0 N–H and O–H groups in total. The Morgan fingerprint density at radius 2 is 1.37 bits per heavy atom. The Kier molecular flexibility index (Phi) is 8.51. The Morgan fingerprint density at radius 3 is 2.12 bits per heavy atom. The highest BCUT2D eigenvalue weighted by Crippen LogP contribution is 2.52. The van der Waals surface area contributed by atoms with Gasteiger partial charge < -0.3 is 4.90 Å². The van der Waals surface area contributed by atoms with E-state index < -0.39 is 0 Å². The van der Waals surface area contributed by atoms with E-state index in [1.54, 1.807) is 0 Å². The third kappa shape index (κ3) is 5.62. The van der Waals surface area contributed by atoms with Crippen molar-refractivity contribution in [2.24, 2.45) is 0 Å². The molecule has 2 heteroatoms. The minimum atomic E-state index is -0.153. The quantitative estimate of drug-likeness (QED) is 0.150. The Labute approximate surface area is 304 Å². The molecule has 1 aliphatic carbocycles. The molecule has 0 radical (unpaired) electrons. The minimum Gasteiger partial charge on any atom is -0.347 e. The Bertz CT molecular complexity index is 2350. The third-order valence-electron chi connectivity index (χ3n) is 11.8. The first-order chi connectivity index (χ1) is 24.8. The summed E-state index contributed by atoms with van der Waals surface area (Å²) < 4.78 is 2.42. The van der Waals surface area contributed by atoms with E-state index in [1.807, 2.05) is 0 Å². The van der Waals surface area contributed by atoms with Gasteiger partial charge in [-0.05, 0) is 102 Å². The maximum Gasteiger partial charge on any atom is 0.210 e. The molecule has 3 aliphatic rings. The zero-order valence-corrected chi connectivity index (χ0v) is 30.8. The van der Waals surface area contributed by atoms with E-state index in [2.05, 4.69) is 190 Å². The van der Waals surface area contributed by atoms with E-state index in [0.717, 1.165) is 32.1 Å². The molecule has 2 heterocycles. The number of nitrogens with zero attached hydrogens (tertiary/aromatic N) is 2. The molecule has 2 unspecified atom stereocenters. The largest absolute Gasteiger partial charge is 0.347 e. The highest BCUT2D eigenvalue weighted by atomic mass is 15.2. The van der Waals surface area contributed by atoms with Gasteiger partial charge in [-0.1, -0.05) is 129 Å². The van der Waals surface area contributed by atoms with E-state index in [0.29, 0.717) is 0 Å². The molecule has 0 aromatic heterocycles. The van der Waals surface area contributed by atoms with E-state index in [9.17, 15) is 0 Å². The first-order valence-electron chi connectivity index (χ1n) is 18.7. The van der Waals surface area contributed by atoms with Crippen molar-refractivity contribution in [1.29, 1.82) is 0 Å². The summed E-state index contributed by atoms with van der Waals surface area (Å²) in [5.41, 5.74) is 12.2. The number of allylic oxidation sites excluding steroid dienone is 10. The van der Waals surface area contributed by atoms with Crippen molar-refractivity contribution >= 4 is 38.6 Å². The van der Waals surface area contributed by atoms with Gasteiger partial charge in [0.25, 0.3) is 0 Å². The van der Waals surface area contributed by atoms with Crippen LogP contribution in [0.25, 0.3) is 21.5 Å². The average Bonchev–Trinajstić information content (AvgIpc) is 3.75. The maximum absolute atomic E-state index is 2.44. The van der Waals surface area contributed by atoms with Crippen LogP contribution in [0.3, 0.4) is 0 Å². The Hall–Kier alpha value is -5.21. The predicted molar refractivity (Wildman–Crippen MR) is 219 cm³/mol. The summed E-state index contributed by atoms with van der Waals surface area (Å²) in [7, 11) is 4.47. The van der Waals surface area contributed by atoms with Crippen molar-refractivity contribution < 1.29 is 4.58 Å². The van der Waals surface area contributed by atoms with Gasteiger partial charge in [0.1, 0.15) is 7.05 Å². The number of likely N-dealkylation sites (N-methyl/N-ethyl adjacent to an activating group) is 1. The molecule has 254 valence electrons. The van der Waals surface area contributed by atoms with Gasteiger partial charge in [-0.3, -0.25) is 0 Å². The maximum atomic E-state index is 2.44. The molecule has 0 spiro atoms. The zero-order valence-electron chi connectivity index (χ0n) is 30.8. The van der Waals surface area contributed by atoms with Crippen LogP contribution in [-0.4, -0.2) is 24.4 Å². The lowest BCUT2D eigenvalue weighted by molar-refractivity contribution is -0.401. The second-order valence-corrected chi connectivity index (χ2v) is 15.2. The second-order valence-electron chi connectivity index (χ2n) is 15.2. The highest BCUT2D eigenvalue weighted by Gasteiger charge is 2.47. The normalized spacial score (nSPS) is 23.2. The van der Waals surface area contributed by atoms with Gasteiger partial charge in [0.2, 0.25) is 5.69 Å². The number of hydrogen-bond donors (Lipinski definition) is 0. The van der Waals surface area contributed by atoms with Crippen LogP contribution in [0, 0.1) is 0 Å². The van der Waals surface area contributed by atoms with Crippen LogP contribution in [0.15, 0.2) is 163 Å². The molecular formula is C49H49N2+. The average molecular weight is 666 g/mol. The van der Waals surface area contributed by atoms with Gasteiger partial charge in [-0.15, -0.1) is 0 Å².